The number of rotatable bonds is 4. The summed E-state index contributed by atoms with van der Waals surface area (Å²) in [6, 6.07) is 1.81. The van der Waals surface area contributed by atoms with Gasteiger partial charge in [-0.05, 0) is 18.4 Å². The molecule has 0 aromatic carbocycles. The van der Waals surface area contributed by atoms with Crippen molar-refractivity contribution in [3.63, 3.8) is 0 Å². The molecule has 12 heavy (non-hydrogen) atoms. The Labute approximate surface area is 74.9 Å². The van der Waals surface area contributed by atoms with Gasteiger partial charge < -0.3 is 9.47 Å². The summed E-state index contributed by atoms with van der Waals surface area (Å²) in [6.45, 7) is 2.15. The van der Waals surface area contributed by atoms with Gasteiger partial charge in [0, 0.05) is 5.38 Å². The molecule has 0 saturated heterocycles. The maximum absolute atomic E-state index is 10.8. The molecule has 0 fully saturated rings. The van der Waals surface area contributed by atoms with Gasteiger partial charge in [0.1, 0.15) is 5.75 Å². The summed E-state index contributed by atoms with van der Waals surface area (Å²) in [5.74, 6) is 0.386. The fraction of sp³-hybridized carbons (Fsp3) is 0.375. The average Bonchev–Trinajstić information content (AvgIpc) is 2.53. The van der Waals surface area contributed by atoms with Gasteiger partial charge in [-0.25, -0.2) is 4.79 Å². The van der Waals surface area contributed by atoms with Crippen molar-refractivity contribution in [2.75, 3.05) is 13.2 Å². The van der Waals surface area contributed by atoms with Gasteiger partial charge in [0.15, 0.2) is 6.61 Å². The van der Waals surface area contributed by atoms with Gasteiger partial charge >= 0.3 is 5.97 Å². The van der Waals surface area contributed by atoms with Gasteiger partial charge in [-0.15, -0.1) is 11.3 Å². The van der Waals surface area contributed by atoms with Crippen LogP contribution >= 0.6 is 11.3 Å². The molecule has 1 aromatic heterocycles. The average molecular weight is 186 g/mol. The van der Waals surface area contributed by atoms with Crippen molar-refractivity contribution in [2.24, 2.45) is 0 Å². The zero-order chi connectivity index (χ0) is 8.81. The highest BCUT2D eigenvalue weighted by Gasteiger charge is 2.01. The van der Waals surface area contributed by atoms with E-state index in [1.807, 2.05) is 16.8 Å². The number of carbonyl (C=O) groups excluding carboxylic acids is 1. The first kappa shape index (κ1) is 9.06. The van der Waals surface area contributed by atoms with Crippen molar-refractivity contribution >= 4 is 17.3 Å². The molecule has 0 spiro atoms. The summed E-state index contributed by atoms with van der Waals surface area (Å²) >= 11 is 1.53. The van der Waals surface area contributed by atoms with Crippen molar-refractivity contribution in [3.05, 3.63) is 16.8 Å². The molecule has 0 aliphatic rings. The molecule has 0 aliphatic heterocycles. The van der Waals surface area contributed by atoms with Crippen LogP contribution in [0.3, 0.4) is 0 Å². The summed E-state index contributed by atoms with van der Waals surface area (Å²) < 4.78 is 9.78. The first-order chi connectivity index (χ1) is 5.83. The Morgan fingerprint density at radius 1 is 1.67 bits per heavy atom. The Hall–Kier alpha value is -1.03. The first-order valence-electron chi connectivity index (χ1n) is 3.63. The van der Waals surface area contributed by atoms with E-state index in [-0.39, 0.29) is 12.6 Å². The van der Waals surface area contributed by atoms with Crippen molar-refractivity contribution in [1.29, 1.82) is 0 Å². The lowest BCUT2D eigenvalue weighted by Gasteiger charge is -2.02. The minimum atomic E-state index is -0.330. The number of carbonyl (C=O) groups is 1. The smallest absolute Gasteiger partial charge is 0.344 e. The molecule has 4 heteroatoms. The van der Waals surface area contributed by atoms with E-state index in [0.29, 0.717) is 12.4 Å². The molecule has 0 aliphatic carbocycles. The topological polar surface area (TPSA) is 35.5 Å². The number of hydrogen-bond donors (Lipinski definition) is 0. The minimum absolute atomic E-state index is 0.00935. The second-order valence-electron chi connectivity index (χ2n) is 2.05. The van der Waals surface area contributed by atoms with Gasteiger partial charge in [0.25, 0.3) is 0 Å². The molecule has 3 nitrogen and oxygen atoms in total. The molecule has 0 bridgehead atoms. The van der Waals surface area contributed by atoms with E-state index in [0.717, 1.165) is 0 Å². The van der Waals surface area contributed by atoms with Crippen LogP contribution < -0.4 is 4.74 Å². The summed E-state index contributed by atoms with van der Waals surface area (Å²) in [6.07, 6.45) is 0. The van der Waals surface area contributed by atoms with E-state index < -0.39 is 0 Å². The lowest BCUT2D eigenvalue weighted by Crippen LogP contribution is -2.14. The molecule has 1 heterocycles. The largest absolute Gasteiger partial charge is 0.481 e. The highest BCUT2D eigenvalue weighted by Crippen LogP contribution is 2.14. The monoisotopic (exact) mass is 186 g/mol. The Morgan fingerprint density at radius 2 is 2.50 bits per heavy atom. The number of thiophene rings is 1. The third-order valence-electron chi connectivity index (χ3n) is 1.16. The minimum Gasteiger partial charge on any atom is -0.481 e. The van der Waals surface area contributed by atoms with Crippen LogP contribution in [0.25, 0.3) is 0 Å². The van der Waals surface area contributed by atoms with E-state index in [1.54, 1.807) is 6.92 Å². The van der Waals surface area contributed by atoms with Gasteiger partial charge in [-0.1, -0.05) is 0 Å². The second-order valence-corrected chi connectivity index (χ2v) is 2.83. The lowest BCUT2D eigenvalue weighted by molar-refractivity contribution is -0.145. The molecule has 0 amide bonds. The van der Waals surface area contributed by atoms with E-state index in [4.69, 9.17) is 4.74 Å². The van der Waals surface area contributed by atoms with Gasteiger partial charge in [0.05, 0.1) is 6.61 Å². The van der Waals surface area contributed by atoms with Crippen LogP contribution in [-0.2, 0) is 9.53 Å². The normalized spacial score (nSPS) is 9.42. The van der Waals surface area contributed by atoms with Gasteiger partial charge in [0.2, 0.25) is 0 Å². The van der Waals surface area contributed by atoms with Crippen molar-refractivity contribution in [1.82, 2.24) is 0 Å². The van der Waals surface area contributed by atoms with Crippen LogP contribution in [0.1, 0.15) is 6.92 Å². The molecular weight excluding hydrogens is 176 g/mol. The van der Waals surface area contributed by atoms with Crippen LogP contribution in [0.5, 0.6) is 5.75 Å². The summed E-state index contributed by atoms with van der Waals surface area (Å²) in [4.78, 5) is 10.8. The molecule has 0 N–H and O–H groups in total. The van der Waals surface area contributed by atoms with Crippen LogP contribution in [0.15, 0.2) is 16.8 Å². The van der Waals surface area contributed by atoms with Gasteiger partial charge in [-0.2, -0.15) is 0 Å². The Kier molecular flexibility index (Phi) is 3.60. The molecule has 0 atom stereocenters. The Balaban J connectivity index is 2.22. The predicted molar refractivity (Wildman–Crippen MR) is 46.4 cm³/mol. The molecule has 0 unspecified atom stereocenters. The SMILES string of the molecule is CCOC(=O)COc1ccsc1. The predicted octanol–water partition coefficient (Wildman–Crippen LogP) is 1.69. The lowest BCUT2D eigenvalue weighted by atomic mass is 10.6. The number of hydrogen-bond acceptors (Lipinski definition) is 4. The van der Waals surface area contributed by atoms with Crippen LogP contribution in [0.2, 0.25) is 0 Å². The zero-order valence-corrected chi connectivity index (χ0v) is 7.60. The second kappa shape index (κ2) is 4.77. The van der Waals surface area contributed by atoms with Crippen molar-refractivity contribution < 1.29 is 14.3 Å². The Morgan fingerprint density at radius 3 is 3.08 bits per heavy atom. The quantitative estimate of drug-likeness (QED) is 0.671. The molecular formula is C8H10O3S. The molecule has 0 saturated carbocycles. The van der Waals surface area contributed by atoms with Gasteiger partial charge in [-0.3, -0.25) is 0 Å². The van der Waals surface area contributed by atoms with E-state index in [2.05, 4.69) is 4.74 Å². The maximum atomic E-state index is 10.8. The standard InChI is InChI=1S/C8H10O3S/c1-2-10-8(9)5-11-7-3-4-12-6-7/h3-4,6H,2,5H2,1H3. The third kappa shape index (κ3) is 2.92. The van der Waals surface area contributed by atoms with Crippen LogP contribution in [-0.4, -0.2) is 19.2 Å². The highest BCUT2D eigenvalue weighted by atomic mass is 32.1. The maximum Gasteiger partial charge on any atom is 0.344 e. The molecule has 1 aromatic rings. The van der Waals surface area contributed by atoms with E-state index in [9.17, 15) is 4.79 Å². The fourth-order valence-corrected chi connectivity index (χ4v) is 1.25. The van der Waals surface area contributed by atoms with E-state index >= 15 is 0 Å². The van der Waals surface area contributed by atoms with E-state index in [1.165, 1.54) is 11.3 Å². The fourth-order valence-electron chi connectivity index (χ4n) is 0.679. The first-order valence-corrected chi connectivity index (χ1v) is 4.58. The van der Waals surface area contributed by atoms with Crippen molar-refractivity contribution in [2.45, 2.75) is 6.92 Å². The molecule has 66 valence electrons. The Bertz CT molecular complexity index is 230. The highest BCUT2D eigenvalue weighted by molar-refractivity contribution is 7.08. The van der Waals surface area contributed by atoms with Crippen molar-refractivity contribution in [3.8, 4) is 5.75 Å². The number of esters is 1. The zero-order valence-electron chi connectivity index (χ0n) is 6.78. The molecule has 0 radical (unpaired) electrons. The summed E-state index contributed by atoms with van der Waals surface area (Å²) in [5, 5.41) is 3.72. The number of ether oxygens (including phenoxy) is 2. The van der Waals surface area contributed by atoms with Crippen LogP contribution in [0, 0.1) is 0 Å². The summed E-state index contributed by atoms with van der Waals surface area (Å²) in [7, 11) is 0. The summed E-state index contributed by atoms with van der Waals surface area (Å²) in [5.41, 5.74) is 0. The molecule has 1 rings (SSSR count). The third-order valence-corrected chi connectivity index (χ3v) is 1.82. The van der Waals surface area contributed by atoms with Crippen LogP contribution in [0.4, 0.5) is 0 Å².